The quantitative estimate of drug-likeness (QED) is 0.930. The maximum atomic E-state index is 5.31. The summed E-state index contributed by atoms with van der Waals surface area (Å²) in [6, 6.07) is 3.84. The van der Waals surface area contributed by atoms with Crippen LogP contribution in [0.1, 0.15) is 0 Å². The second-order valence-electron chi connectivity index (χ2n) is 3.47. The zero-order valence-corrected chi connectivity index (χ0v) is 12.7. The van der Waals surface area contributed by atoms with E-state index in [9.17, 15) is 0 Å². The Labute approximate surface area is 118 Å². The van der Waals surface area contributed by atoms with Crippen LogP contribution in [0.2, 0.25) is 0 Å². The summed E-state index contributed by atoms with van der Waals surface area (Å²) in [4.78, 5) is 5.33. The van der Waals surface area contributed by atoms with E-state index >= 15 is 0 Å². The fraction of sp³-hybridized carbons (Fsp3) is 0.250. The number of benzene rings is 1. The molecule has 0 amide bonds. The topological polar surface area (TPSA) is 43.4 Å². The monoisotopic (exact) mass is 328 g/mol. The summed E-state index contributed by atoms with van der Waals surface area (Å²) in [7, 11) is 5.10. The van der Waals surface area contributed by atoms with Crippen LogP contribution in [-0.4, -0.2) is 26.3 Å². The van der Waals surface area contributed by atoms with Crippen LogP contribution < -0.4 is 14.8 Å². The van der Waals surface area contributed by atoms with Crippen molar-refractivity contribution in [2.75, 3.05) is 26.6 Å². The molecule has 1 aromatic carbocycles. The molecular weight excluding hydrogens is 316 g/mol. The van der Waals surface area contributed by atoms with E-state index < -0.39 is 0 Å². The van der Waals surface area contributed by atoms with Gasteiger partial charge in [0.05, 0.1) is 19.1 Å². The van der Waals surface area contributed by atoms with Crippen LogP contribution in [-0.2, 0) is 0 Å². The molecule has 0 aliphatic heterocycles. The van der Waals surface area contributed by atoms with Gasteiger partial charge in [0, 0.05) is 23.3 Å². The van der Waals surface area contributed by atoms with Crippen molar-refractivity contribution in [3.8, 4) is 21.9 Å². The standard InChI is InChI=1S/C12H13BrN2O2S/c1-14-12-15-6-11(18-12)7-4-9(16-2)10(17-3)5-8(7)13/h4-6H,1-3H3,(H,14,15). The number of hydrogen-bond acceptors (Lipinski definition) is 5. The second kappa shape index (κ2) is 5.58. The highest BCUT2D eigenvalue weighted by Gasteiger charge is 2.13. The molecule has 2 aromatic rings. The molecule has 96 valence electrons. The molecule has 0 aliphatic carbocycles. The molecule has 0 fully saturated rings. The number of rotatable bonds is 4. The summed E-state index contributed by atoms with van der Waals surface area (Å²) in [5, 5.41) is 3.91. The Morgan fingerprint density at radius 1 is 1.22 bits per heavy atom. The number of methoxy groups -OCH3 is 2. The molecule has 1 heterocycles. The molecule has 2 rings (SSSR count). The normalized spacial score (nSPS) is 10.2. The number of nitrogens with zero attached hydrogens (tertiary/aromatic N) is 1. The van der Waals surface area contributed by atoms with Gasteiger partial charge in [0.2, 0.25) is 0 Å². The third kappa shape index (κ3) is 2.44. The molecule has 0 saturated carbocycles. The lowest BCUT2D eigenvalue weighted by molar-refractivity contribution is 0.355. The van der Waals surface area contributed by atoms with Crippen molar-refractivity contribution in [3.63, 3.8) is 0 Å². The van der Waals surface area contributed by atoms with Crippen molar-refractivity contribution in [2.24, 2.45) is 0 Å². The summed E-state index contributed by atoms with van der Waals surface area (Å²) in [5.74, 6) is 1.40. The number of anilines is 1. The van der Waals surface area contributed by atoms with E-state index in [1.807, 2.05) is 25.4 Å². The Morgan fingerprint density at radius 3 is 2.44 bits per heavy atom. The van der Waals surface area contributed by atoms with Gasteiger partial charge in [-0.1, -0.05) is 11.3 Å². The van der Waals surface area contributed by atoms with E-state index in [0.717, 1.165) is 20.0 Å². The highest BCUT2D eigenvalue weighted by Crippen LogP contribution is 2.40. The van der Waals surface area contributed by atoms with Crippen LogP contribution in [0.4, 0.5) is 5.13 Å². The van der Waals surface area contributed by atoms with Gasteiger partial charge in [0.1, 0.15) is 0 Å². The minimum atomic E-state index is 0.700. The van der Waals surface area contributed by atoms with E-state index in [4.69, 9.17) is 9.47 Å². The summed E-state index contributed by atoms with van der Waals surface area (Å²) in [6.45, 7) is 0. The van der Waals surface area contributed by atoms with Gasteiger partial charge in [-0.25, -0.2) is 4.98 Å². The Hall–Kier alpha value is -1.27. The second-order valence-corrected chi connectivity index (χ2v) is 5.35. The molecule has 0 radical (unpaired) electrons. The Morgan fingerprint density at radius 2 is 1.89 bits per heavy atom. The van der Waals surface area contributed by atoms with Crippen LogP contribution in [0, 0.1) is 0 Å². The average molecular weight is 329 g/mol. The van der Waals surface area contributed by atoms with Crippen LogP contribution in [0.5, 0.6) is 11.5 Å². The van der Waals surface area contributed by atoms with Crippen molar-refractivity contribution in [1.29, 1.82) is 0 Å². The van der Waals surface area contributed by atoms with E-state index in [2.05, 4.69) is 26.2 Å². The predicted octanol–water partition coefficient (Wildman–Crippen LogP) is 3.63. The van der Waals surface area contributed by atoms with Crippen molar-refractivity contribution in [2.45, 2.75) is 0 Å². The highest BCUT2D eigenvalue weighted by atomic mass is 79.9. The fourth-order valence-electron chi connectivity index (χ4n) is 1.56. The number of thiazole rings is 1. The van der Waals surface area contributed by atoms with E-state index in [-0.39, 0.29) is 0 Å². The lowest BCUT2D eigenvalue weighted by Gasteiger charge is -2.10. The van der Waals surface area contributed by atoms with Crippen molar-refractivity contribution in [3.05, 3.63) is 22.8 Å². The van der Waals surface area contributed by atoms with Gasteiger partial charge >= 0.3 is 0 Å². The summed E-state index contributed by atoms with van der Waals surface area (Å²) >= 11 is 5.13. The zero-order valence-electron chi connectivity index (χ0n) is 10.3. The minimum Gasteiger partial charge on any atom is -0.493 e. The van der Waals surface area contributed by atoms with Crippen LogP contribution in [0.3, 0.4) is 0 Å². The van der Waals surface area contributed by atoms with Crippen molar-refractivity contribution >= 4 is 32.4 Å². The molecule has 0 unspecified atom stereocenters. The molecule has 18 heavy (non-hydrogen) atoms. The maximum absolute atomic E-state index is 5.31. The van der Waals surface area contributed by atoms with Crippen molar-refractivity contribution < 1.29 is 9.47 Å². The number of hydrogen-bond donors (Lipinski definition) is 1. The first kappa shape index (κ1) is 13.2. The molecule has 0 atom stereocenters. The lowest BCUT2D eigenvalue weighted by atomic mass is 10.2. The molecule has 1 N–H and O–H groups in total. The first-order chi connectivity index (χ1) is 8.69. The molecular formula is C12H13BrN2O2S. The maximum Gasteiger partial charge on any atom is 0.182 e. The first-order valence-electron chi connectivity index (χ1n) is 5.25. The van der Waals surface area contributed by atoms with Gasteiger partial charge in [0.15, 0.2) is 16.6 Å². The number of aromatic nitrogens is 1. The van der Waals surface area contributed by atoms with Crippen LogP contribution in [0.25, 0.3) is 10.4 Å². The summed E-state index contributed by atoms with van der Waals surface area (Å²) in [5.41, 5.74) is 1.03. The SMILES string of the molecule is CNc1ncc(-c2cc(OC)c(OC)cc2Br)s1. The molecule has 1 aromatic heterocycles. The molecule has 6 heteroatoms. The molecule has 4 nitrogen and oxygen atoms in total. The van der Waals surface area contributed by atoms with Crippen molar-refractivity contribution in [1.82, 2.24) is 4.98 Å². The third-order valence-corrected chi connectivity index (χ3v) is 4.16. The first-order valence-corrected chi connectivity index (χ1v) is 6.86. The number of ether oxygens (including phenoxy) is 2. The molecule has 0 bridgehead atoms. The van der Waals surface area contributed by atoms with E-state index in [1.54, 1.807) is 25.6 Å². The van der Waals surface area contributed by atoms with Gasteiger partial charge in [-0.2, -0.15) is 0 Å². The molecule has 0 aliphatic rings. The Kier molecular flexibility index (Phi) is 4.08. The van der Waals surface area contributed by atoms with E-state index in [0.29, 0.717) is 11.5 Å². The zero-order chi connectivity index (χ0) is 13.1. The average Bonchev–Trinajstić information content (AvgIpc) is 2.86. The van der Waals surface area contributed by atoms with Gasteiger partial charge in [-0.15, -0.1) is 0 Å². The van der Waals surface area contributed by atoms with Gasteiger partial charge in [-0.3, -0.25) is 0 Å². The summed E-state index contributed by atoms with van der Waals surface area (Å²) in [6.07, 6.45) is 1.84. The smallest absolute Gasteiger partial charge is 0.182 e. The highest BCUT2D eigenvalue weighted by molar-refractivity contribution is 9.10. The lowest BCUT2D eigenvalue weighted by Crippen LogP contribution is -1.91. The number of nitrogens with one attached hydrogen (secondary N) is 1. The largest absolute Gasteiger partial charge is 0.493 e. The predicted molar refractivity (Wildman–Crippen MR) is 77.9 cm³/mol. The van der Waals surface area contributed by atoms with Crippen LogP contribution in [0.15, 0.2) is 22.8 Å². The fourth-order valence-corrected chi connectivity index (χ4v) is 3.02. The Balaban J connectivity index is 2.50. The van der Waals surface area contributed by atoms with Crippen LogP contribution >= 0.6 is 27.3 Å². The third-order valence-electron chi connectivity index (χ3n) is 2.46. The minimum absolute atomic E-state index is 0.700. The molecule has 0 spiro atoms. The van der Waals surface area contributed by atoms with E-state index in [1.165, 1.54) is 0 Å². The molecule has 0 saturated heterocycles. The Bertz CT molecular complexity index is 557. The van der Waals surface area contributed by atoms with Gasteiger partial charge in [-0.05, 0) is 28.1 Å². The number of halogens is 1. The summed E-state index contributed by atoms with van der Waals surface area (Å²) < 4.78 is 11.5. The van der Waals surface area contributed by atoms with Gasteiger partial charge in [0.25, 0.3) is 0 Å². The van der Waals surface area contributed by atoms with Gasteiger partial charge < -0.3 is 14.8 Å².